The van der Waals surface area contributed by atoms with E-state index in [0.717, 1.165) is 0 Å². The average Bonchev–Trinajstić information content (AvgIpc) is 3.49. The summed E-state index contributed by atoms with van der Waals surface area (Å²) in [5.74, 6) is -0.0919. The lowest BCUT2D eigenvalue weighted by Gasteiger charge is -2.32. The number of sulfone groups is 1. The molecular weight excluding hydrogens is 477 g/mol. The molecule has 2 aliphatic heterocycles. The van der Waals surface area contributed by atoms with Gasteiger partial charge in [0, 0.05) is 11.6 Å². The summed E-state index contributed by atoms with van der Waals surface area (Å²) in [4.78, 5) is 13.7. The number of nitrogens with zero attached hydrogens (tertiary/aromatic N) is 2. The van der Waals surface area contributed by atoms with Crippen LogP contribution in [0.2, 0.25) is 0 Å². The van der Waals surface area contributed by atoms with Crippen LogP contribution in [0.3, 0.4) is 0 Å². The largest absolute Gasteiger partial charge is 0.442 e. The highest BCUT2D eigenvalue weighted by molar-refractivity contribution is 7.91. The van der Waals surface area contributed by atoms with Gasteiger partial charge in [-0.25, -0.2) is 17.6 Å². The zero-order valence-electron chi connectivity index (χ0n) is 18.7. The minimum Gasteiger partial charge on any atom is -0.442 e. The molecule has 3 aromatic rings. The van der Waals surface area contributed by atoms with Gasteiger partial charge < -0.3 is 19.7 Å². The van der Waals surface area contributed by atoms with Gasteiger partial charge in [-0.3, -0.25) is 4.90 Å². The summed E-state index contributed by atoms with van der Waals surface area (Å²) >= 11 is 0. The fourth-order valence-electron chi connectivity index (χ4n) is 4.39. The van der Waals surface area contributed by atoms with E-state index in [4.69, 9.17) is 9.26 Å². The quantitative estimate of drug-likeness (QED) is 0.528. The molecule has 2 aromatic carbocycles. The second kappa shape index (κ2) is 8.97. The number of hydrogen-bond acceptors (Lipinski definition) is 8. The van der Waals surface area contributed by atoms with Crippen molar-refractivity contribution in [2.75, 3.05) is 34.8 Å². The molecule has 2 aliphatic rings. The van der Waals surface area contributed by atoms with Crippen molar-refractivity contribution in [2.24, 2.45) is 0 Å². The van der Waals surface area contributed by atoms with Crippen LogP contribution in [0.4, 0.5) is 20.7 Å². The highest BCUT2D eigenvalue weighted by Crippen LogP contribution is 2.36. The first-order valence-corrected chi connectivity index (χ1v) is 13.0. The standard InChI is InChI=1S/C24H24FN3O6S/c25-21-13-18(28-15-19(34-23(28)29)14-26-22-7-10-33-27-22)5-6-20(21)16-1-3-17(4-2-16)24(30)8-11-35(31,32)12-9-24/h1-7,10,13,19,30H,8-9,11-12,14-15H2,(H,26,27)/t19-/m0/s1. The van der Waals surface area contributed by atoms with Crippen LogP contribution in [-0.4, -0.2) is 55.5 Å². The van der Waals surface area contributed by atoms with E-state index in [2.05, 4.69) is 10.5 Å². The molecule has 35 heavy (non-hydrogen) atoms. The SMILES string of the molecule is O=C1O[C@@H](CNc2ccon2)CN1c1ccc(-c2ccc(C3(O)CCS(=O)(=O)CC3)cc2)c(F)c1. The predicted molar refractivity (Wildman–Crippen MR) is 126 cm³/mol. The van der Waals surface area contributed by atoms with Gasteiger partial charge in [0.15, 0.2) is 15.7 Å². The number of cyclic esters (lactones) is 1. The van der Waals surface area contributed by atoms with E-state index < -0.39 is 33.5 Å². The first-order valence-electron chi connectivity index (χ1n) is 11.2. The van der Waals surface area contributed by atoms with Crippen LogP contribution >= 0.6 is 0 Å². The molecule has 3 heterocycles. The molecule has 184 valence electrons. The minimum atomic E-state index is -3.11. The van der Waals surface area contributed by atoms with E-state index in [1.165, 1.54) is 17.2 Å². The third kappa shape index (κ3) is 4.87. The summed E-state index contributed by atoms with van der Waals surface area (Å²) < 4.78 is 48.5. The first kappa shape index (κ1) is 23.3. The summed E-state index contributed by atoms with van der Waals surface area (Å²) in [6, 6.07) is 13.0. The van der Waals surface area contributed by atoms with Gasteiger partial charge >= 0.3 is 6.09 Å². The fraction of sp³-hybridized carbons (Fsp3) is 0.333. The second-order valence-electron chi connectivity index (χ2n) is 8.81. The average molecular weight is 502 g/mol. The number of nitrogens with one attached hydrogen (secondary N) is 1. The maximum Gasteiger partial charge on any atom is 0.414 e. The molecule has 2 fully saturated rings. The molecule has 2 saturated heterocycles. The molecule has 0 bridgehead atoms. The van der Waals surface area contributed by atoms with Gasteiger partial charge in [0.05, 0.1) is 35.9 Å². The van der Waals surface area contributed by atoms with E-state index >= 15 is 4.39 Å². The fourth-order valence-corrected chi connectivity index (χ4v) is 5.89. The van der Waals surface area contributed by atoms with E-state index in [-0.39, 0.29) is 30.9 Å². The topological polar surface area (TPSA) is 122 Å². The number of ether oxygens (including phenoxy) is 1. The molecule has 1 atom stereocenters. The number of carbonyl (C=O) groups is 1. The molecule has 0 saturated carbocycles. The minimum absolute atomic E-state index is 0.0581. The van der Waals surface area contributed by atoms with E-state index in [1.54, 1.807) is 42.5 Å². The molecule has 2 N–H and O–H groups in total. The smallest absolute Gasteiger partial charge is 0.414 e. The lowest BCUT2D eigenvalue weighted by molar-refractivity contribution is 0.0263. The molecule has 1 aromatic heterocycles. The molecule has 0 spiro atoms. The Morgan fingerprint density at radius 1 is 1.14 bits per heavy atom. The van der Waals surface area contributed by atoms with Crippen molar-refractivity contribution in [3.8, 4) is 11.1 Å². The normalized spacial score (nSPS) is 21.0. The van der Waals surface area contributed by atoms with Gasteiger partial charge in [0.1, 0.15) is 18.2 Å². The summed E-state index contributed by atoms with van der Waals surface area (Å²) in [5, 5.41) is 17.6. The van der Waals surface area contributed by atoms with Crippen LogP contribution in [0.25, 0.3) is 11.1 Å². The third-order valence-corrected chi connectivity index (χ3v) is 8.13. The van der Waals surface area contributed by atoms with Crippen molar-refractivity contribution in [3.05, 3.63) is 66.2 Å². The lowest BCUT2D eigenvalue weighted by Crippen LogP contribution is -2.36. The number of halogens is 1. The van der Waals surface area contributed by atoms with E-state index in [9.17, 15) is 18.3 Å². The van der Waals surface area contributed by atoms with Crippen molar-refractivity contribution in [1.82, 2.24) is 5.16 Å². The highest BCUT2D eigenvalue weighted by Gasteiger charge is 2.37. The van der Waals surface area contributed by atoms with Crippen LogP contribution < -0.4 is 10.2 Å². The number of anilines is 2. The van der Waals surface area contributed by atoms with Crippen molar-refractivity contribution >= 4 is 27.4 Å². The molecule has 1 amide bonds. The van der Waals surface area contributed by atoms with Crippen molar-refractivity contribution in [3.63, 3.8) is 0 Å². The molecule has 0 unspecified atom stereocenters. The predicted octanol–water partition coefficient (Wildman–Crippen LogP) is 3.31. The molecule has 0 radical (unpaired) electrons. The third-order valence-electron chi connectivity index (χ3n) is 6.47. The van der Waals surface area contributed by atoms with Gasteiger partial charge in [-0.05, 0) is 42.2 Å². The Kier molecular flexibility index (Phi) is 5.97. The van der Waals surface area contributed by atoms with Crippen LogP contribution in [0.1, 0.15) is 18.4 Å². The Balaban J connectivity index is 1.27. The number of carbonyl (C=O) groups excluding carboxylic acids is 1. The summed E-state index contributed by atoms with van der Waals surface area (Å²) in [7, 11) is -3.11. The highest BCUT2D eigenvalue weighted by atomic mass is 32.2. The van der Waals surface area contributed by atoms with Crippen LogP contribution in [0.5, 0.6) is 0 Å². The number of rotatable bonds is 6. The van der Waals surface area contributed by atoms with E-state index in [0.29, 0.717) is 34.7 Å². The zero-order chi connectivity index (χ0) is 24.6. The summed E-state index contributed by atoms with van der Waals surface area (Å²) in [5.41, 5.74) is 0.730. The van der Waals surface area contributed by atoms with E-state index in [1.807, 2.05) is 0 Å². The Hall–Kier alpha value is -3.44. The number of aromatic nitrogens is 1. The van der Waals surface area contributed by atoms with Crippen molar-refractivity contribution in [2.45, 2.75) is 24.5 Å². The Morgan fingerprint density at radius 2 is 1.89 bits per heavy atom. The number of amides is 1. The molecular formula is C24H24FN3O6S. The second-order valence-corrected chi connectivity index (χ2v) is 11.1. The molecule has 9 nitrogen and oxygen atoms in total. The monoisotopic (exact) mass is 501 g/mol. The Labute approximate surface area is 201 Å². The molecule has 5 rings (SSSR count). The summed E-state index contributed by atoms with van der Waals surface area (Å²) in [6.07, 6.45) is 0.709. The number of hydrogen-bond donors (Lipinski definition) is 2. The number of benzene rings is 2. The Morgan fingerprint density at radius 3 is 2.54 bits per heavy atom. The van der Waals surface area contributed by atoms with Gasteiger partial charge in [-0.15, -0.1) is 0 Å². The van der Waals surface area contributed by atoms with Gasteiger partial charge in [-0.1, -0.05) is 29.4 Å². The van der Waals surface area contributed by atoms with Crippen LogP contribution in [0, 0.1) is 5.82 Å². The Bertz CT molecular complexity index is 1310. The van der Waals surface area contributed by atoms with Crippen molar-refractivity contribution < 1.29 is 32.0 Å². The zero-order valence-corrected chi connectivity index (χ0v) is 19.5. The summed E-state index contributed by atoms with van der Waals surface area (Å²) in [6.45, 7) is 0.589. The number of aliphatic hydroxyl groups is 1. The van der Waals surface area contributed by atoms with Gasteiger partial charge in [0.2, 0.25) is 0 Å². The molecule has 0 aliphatic carbocycles. The maximum atomic E-state index is 15.0. The van der Waals surface area contributed by atoms with Crippen molar-refractivity contribution in [1.29, 1.82) is 0 Å². The molecule has 11 heteroatoms. The van der Waals surface area contributed by atoms with Crippen LogP contribution in [0.15, 0.2) is 59.3 Å². The van der Waals surface area contributed by atoms with Gasteiger partial charge in [-0.2, -0.15) is 0 Å². The lowest BCUT2D eigenvalue weighted by atomic mass is 9.87. The first-order chi connectivity index (χ1) is 16.7. The van der Waals surface area contributed by atoms with Gasteiger partial charge in [0.25, 0.3) is 0 Å². The maximum absolute atomic E-state index is 15.0. The van der Waals surface area contributed by atoms with Crippen LogP contribution in [-0.2, 0) is 20.2 Å².